The Kier molecular flexibility index (Phi) is 3.53. The Morgan fingerprint density at radius 1 is 0.889 bits per heavy atom. The van der Waals surface area contributed by atoms with E-state index in [9.17, 15) is 14.7 Å². The van der Waals surface area contributed by atoms with Gasteiger partial charge >= 0.3 is 5.97 Å². The number of carbonyl (C=O) groups excluding carboxylic acids is 2. The molecular weight excluding hydrogens is 228 g/mol. The number of rotatable bonds is 4. The Labute approximate surface area is 105 Å². The molecule has 0 heterocycles. The molecule has 0 aliphatic rings. The maximum Gasteiger partial charge on any atom is 0.386 e. The molecule has 18 heavy (non-hydrogen) atoms. The Hall–Kier alpha value is -2.42. The topological polar surface area (TPSA) is 54.0 Å². The lowest BCUT2D eigenvalue weighted by atomic mass is 10.0. The summed E-state index contributed by atoms with van der Waals surface area (Å²) in [5, 5.41) is 10.6. The molecule has 2 aromatic carbocycles. The van der Waals surface area contributed by atoms with Crippen molar-refractivity contribution in [1.82, 2.24) is 0 Å². The molecule has 0 fully saturated rings. The molecule has 3 heteroatoms. The van der Waals surface area contributed by atoms with E-state index in [1.165, 1.54) is 12.1 Å². The van der Waals surface area contributed by atoms with Crippen molar-refractivity contribution in [1.29, 1.82) is 0 Å². The lowest BCUT2D eigenvalue weighted by Gasteiger charge is -2.02. The van der Waals surface area contributed by atoms with Gasteiger partial charge < -0.3 is 0 Å². The molecule has 0 bridgehead atoms. The third-order valence-electron chi connectivity index (χ3n) is 2.67. The first-order valence-electron chi connectivity index (χ1n) is 5.46. The van der Waals surface area contributed by atoms with E-state index in [-0.39, 0.29) is 5.56 Å². The number of carbonyl (C=O) groups is 1. The van der Waals surface area contributed by atoms with Crippen LogP contribution in [0.15, 0.2) is 48.5 Å². The summed E-state index contributed by atoms with van der Waals surface area (Å²) in [6.45, 7) is 0. The molecule has 2 aromatic rings. The Bertz CT molecular complexity index is 553. The predicted molar refractivity (Wildman–Crippen MR) is 65.5 cm³/mol. The molecule has 2 radical (unpaired) electrons. The number of hydrogen-bond acceptors (Lipinski definition) is 2. The van der Waals surface area contributed by atoms with Gasteiger partial charge in [-0.1, -0.05) is 36.4 Å². The molecule has 0 amide bonds. The van der Waals surface area contributed by atoms with Crippen molar-refractivity contribution >= 4 is 12.3 Å². The molecule has 0 aromatic heterocycles. The highest BCUT2D eigenvalue weighted by molar-refractivity contribution is 5.87. The Morgan fingerprint density at radius 3 is 1.83 bits per heavy atom. The van der Waals surface area contributed by atoms with Gasteiger partial charge in [-0.25, -0.2) is 9.90 Å². The van der Waals surface area contributed by atoms with E-state index < -0.39 is 5.97 Å². The smallest absolute Gasteiger partial charge is 0.285 e. The van der Waals surface area contributed by atoms with Crippen LogP contribution in [0.3, 0.4) is 0 Å². The molecule has 0 aliphatic heterocycles. The summed E-state index contributed by atoms with van der Waals surface area (Å²) in [5.41, 5.74) is 2.74. The fourth-order valence-electron chi connectivity index (χ4n) is 1.69. The average molecular weight is 238 g/mol. The lowest BCUT2D eigenvalue weighted by Crippen LogP contribution is -1.95. The van der Waals surface area contributed by atoms with E-state index in [2.05, 4.69) is 0 Å². The summed E-state index contributed by atoms with van der Waals surface area (Å²) in [7, 11) is 0. The van der Waals surface area contributed by atoms with Gasteiger partial charge in [-0.2, -0.15) is 0 Å². The van der Waals surface area contributed by atoms with Crippen LogP contribution in [0.4, 0.5) is 0 Å². The zero-order valence-electron chi connectivity index (χ0n) is 9.55. The van der Waals surface area contributed by atoms with Crippen LogP contribution in [0.2, 0.25) is 0 Å². The third-order valence-corrected chi connectivity index (χ3v) is 2.67. The summed E-state index contributed by atoms with van der Waals surface area (Å²) in [6, 6.07) is 13.7. The SMILES string of the molecule is [O]C(=O)c1ccc(Cc2ccc([C]=O)cc2)cc1. The lowest BCUT2D eigenvalue weighted by molar-refractivity contribution is 0.0573. The van der Waals surface area contributed by atoms with Gasteiger partial charge in [0.1, 0.15) is 0 Å². The van der Waals surface area contributed by atoms with Gasteiger partial charge in [-0.3, -0.25) is 4.79 Å². The van der Waals surface area contributed by atoms with Crippen molar-refractivity contribution in [3.8, 4) is 0 Å². The second kappa shape index (κ2) is 5.27. The van der Waals surface area contributed by atoms with Crippen molar-refractivity contribution in [2.45, 2.75) is 6.42 Å². The molecule has 0 aliphatic carbocycles. The molecule has 0 atom stereocenters. The largest absolute Gasteiger partial charge is 0.386 e. The normalized spacial score (nSPS) is 10.0. The second-order valence-electron chi connectivity index (χ2n) is 3.96. The minimum Gasteiger partial charge on any atom is -0.285 e. The number of benzene rings is 2. The zero-order chi connectivity index (χ0) is 13.0. The first-order valence-corrected chi connectivity index (χ1v) is 5.46. The minimum absolute atomic E-state index is 0.171. The number of hydrogen-bond donors (Lipinski definition) is 0. The van der Waals surface area contributed by atoms with E-state index in [1.54, 1.807) is 24.3 Å². The molecule has 0 saturated heterocycles. The van der Waals surface area contributed by atoms with E-state index in [4.69, 9.17) is 0 Å². The Balaban J connectivity index is 2.12. The van der Waals surface area contributed by atoms with Crippen molar-refractivity contribution in [3.63, 3.8) is 0 Å². The van der Waals surface area contributed by atoms with Crippen LogP contribution in [0.25, 0.3) is 0 Å². The fraction of sp³-hybridized carbons (Fsp3) is 0.0667. The summed E-state index contributed by atoms with van der Waals surface area (Å²) in [6.07, 6.45) is 2.50. The first kappa shape index (κ1) is 12.0. The maximum absolute atomic E-state index is 10.6. The molecule has 0 saturated carbocycles. The van der Waals surface area contributed by atoms with Crippen LogP contribution in [-0.2, 0) is 16.3 Å². The van der Waals surface area contributed by atoms with E-state index in [0.29, 0.717) is 12.0 Å². The quantitative estimate of drug-likeness (QED) is 0.820. The predicted octanol–water partition coefficient (Wildman–Crippen LogP) is 2.31. The highest BCUT2D eigenvalue weighted by atomic mass is 16.4. The van der Waals surface area contributed by atoms with Gasteiger partial charge in [0.2, 0.25) is 6.29 Å². The molecule has 3 nitrogen and oxygen atoms in total. The fourth-order valence-corrected chi connectivity index (χ4v) is 1.69. The van der Waals surface area contributed by atoms with Gasteiger partial charge in [0.15, 0.2) is 0 Å². The van der Waals surface area contributed by atoms with E-state index in [1.807, 2.05) is 18.4 Å². The standard InChI is InChI=1S/C15H10O3/c16-10-13-3-1-11(2-4-13)9-12-5-7-14(8-6-12)15(17)18/h1-8H,9H2. The zero-order valence-corrected chi connectivity index (χ0v) is 9.55. The van der Waals surface area contributed by atoms with Crippen molar-refractivity contribution in [2.24, 2.45) is 0 Å². The van der Waals surface area contributed by atoms with Crippen molar-refractivity contribution in [2.75, 3.05) is 0 Å². The summed E-state index contributed by atoms with van der Waals surface area (Å²) in [4.78, 5) is 21.0. The molecule has 0 spiro atoms. The average Bonchev–Trinajstić information content (AvgIpc) is 2.40. The molecular formula is C15H10O3. The van der Waals surface area contributed by atoms with Gasteiger partial charge in [-0.05, 0) is 29.7 Å². The summed E-state index contributed by atoms with van der Waals surface area (Å²) < 4.78 is 0. The van der Waals surface area contributed by atoms with E-state index >= 15 is 0 Å². The van der Waals surface area contributed by atoms with Gasteiger partial charge in [-0.15, -0.1) is 0 Å². The van der Waals surface area contributed by atoms with Crippen LogP contribution in [0.1, 0.15) is 27.0 Å². The maximum atomic E-state index is 10.6. The third kappa shape index (κ3) is 2.83. The highest BCUT2D eigenvalue weighted by Crippen LogP contribution is 2.11. The van der Waals surface area contributed by atoms with E-state index in [0.717, 1.165) is 11.1 Å². The minimum atomic E-state index is -1.17. The van der Waals surface area contributed by atoms with Crippen LogP contribution in [0, 0.1) is 0 Å². The molecule has 0 unspecified atom stereocenters. The van der Waals surface area contributed by atoms with Crippen molar-refractivity contribution in [3.05, 3.63) is 70.8 Å². The van der Waals surface area contributed by atoms with Gasteiger partial charge in [0.05, 0.1) is 5.56 Å². The van der Waals surface area contributed by atoms with Gasteiger partial charge in [0.25, 0.3) is 0 Å². The van der Waals surface area contributed by atoms with Crippen LogP contribution >= 0.6 is 0 Å². The van der Waals surface area contributed by atoms with Crippen LogP contribution < -0.4 is 0 Å². The second-order valence-corrected chi connectivity index (χ2v) is 3.96. The highest BCUT2D eigenvalue weighted by Gasteiger charge is 2.04. The van der Waals surface area contributed by atoms with Crippen molar-refractivity contribution < 1.29 is 14.7 Å². The van der Waals surface area contributed by atoms with Gasteiger partial charge in [0, 0.05) is 5.56 Å². The molecule has 0 N–H and O–H groups in total. The van der Waals surface area contributed by atoms with Crippen LogP contribution in [-0.4, -0.2) is 12.3 Å². The van der Waals surface area contributed by atoms with Crippen LogP contribution in [0.5, 0.6) is 0 Å². The Morgan fingerprint density at radius 2 is 1.39 bits per heavy atom. The summed E-state index contributed by atoms with van der Waals surface area (Å²) >= 11 is 0. The molecule has 2 rings (SSSR count). The first-order chi connectivity index (χ1) is 8.69. The molecule has 88 valence electrons. The summed E-state index contributed by atoms with van der Waals surface area (Å²) in [5.74, 6) is -1.17. The monoisotopic (exact) mass is 238 g/mol.